The van der Waals surface area contributed by atoms with Crippen LogP contribution in [0, 0.1) is 0 Å². The molecule has 1 rings (SSSR count). The summed E-state index contributed by atoms with van der Waals surface area (Å²) in [4.78, 5) is 5.11. The predicted molar refractivity (Wildman–Crippen MR) is 84.8 cm³/mol. The molecule has 1 aliphatic heterocycles. The molecule has 114 valence electrons. The van der Waals surface area contributed by atoms with E-state index in [2.05, 4.69) is 49.9 Å². The van der Waals surface area contributed by atoms with E-state index in [1.807, 2.05) is 0 Å². The van der Waals surface area contributed by atoms with Crippen molar-refractivity contribution in [3.05, 3.63) is 0 Å². The van der Waals surface area contributed by atoms with Gasteiger partial charge in [0.15, 0.2) is 0 Å². The van der Waals surface area contributed by atoms with Crippen molar-refractivity contribution in [1.29, 1.82) is 0 Å². The third-order valence-electron chi connectivity index (χ3n) is 4.67. The van der Waals surface area contributed by atoms with Crippen molar-refractivity contribution in [1.82, 2.24) is 15.1 Å². The molecule has 0 radical (unpaired) electrons. The van der Waals surface area contributed by atoms with Gasteiger partial charge in [-0.05, 0) is 79.7 Å². The maximum Gasteiger partial charge on any atom is 0.0277 e. The van der Waals surface area contributed by atoms with Gasteiger partial charge in [-0.3, -0.25) is 0 Å². The molecule has 1 aliphatic rings. The molecule has 0 spiro atoms. The minimum Gasteiger partial charge on any atom is -0.310 e. The molecule has 0 aromatic rings. The van der Waals surface area contributed by atoms with Crippen LogP contribution in [0.3, 0.4) is 0 Å². The van der Waals surface area contributed by atoms with Gasteiger partial charge in [0.2, 0.25) is 0 Å². The average molecular weight is 269 g/mol. The first-order chi connectivity index (χ1) is 8.97. The summed E-state index contributed by atoms with van der Waals surface area (Å²) >= 11 is 0. The number of hydrogen-bond donors (Lipinski definition) is 1. The molecule has 3 heteroatoms. The van der Waals surface area contributed by atoms with E-state index in [0.717, 1.165) is 0 Å². The monoisotopic (exact) mass is 269 g/mol. The van der Waals surface area contributed by atoms with Gasteiger partial charge in [0.1, 0.15) is 0 Å². The molecule has 0 aromatic carbocycles. The summed E-state index contributed by atoms with van der Waals surface area (Å²) < 4.78 is 0. The van der Waals surface area contributed by atoms with Crippen LogP contribution in [0.1, 0.15) is 53.4 Å². The Labute approximate surface area is 120 Å². The highest BCUT2D eigenvalue weighted by Gasteiger charge is 2.26. The Hall–Kier alpha value is -0.120. The Kier molecular flexibility index (Phi) is 7.33. The third kappa shape index (κ3) is 6.24. The predicted octanol–water partition coefficient (Wildman–Crippen LogP) is 2.57. The molecule has 0 bridgehead atoms. The molecule has 0 amide bonds. The second-order valence-corrected chi connectivity index (χ2v) is 6.75. The molecule has 0 saturated carbocycles. The maximum absolute atomic E-state index is 3.71. The van der Waals surface area contributed by atoms with E-state index in [4.69, 9.17) is 0 Å². The van der Waals surface area contributed by atoms with Crippen LogP contribution in [0.2, 0.25) is 0 Å². The first kappa shape index (κ1) is 16.9. The van der Waals surface area contributed by atoms with Gasteiger partial charge in [-0.25, -0.2) is 0 Å². The fraction of sp³-hybridized carbons (Fsp3) is 1.00. The van der Waals surface area contributed by atoms with Crippen LogP contribution in [0.5, 0.6) is 0 Å². The second kappa shape index (κ2) is 8.23. The molecule has 1 fully saturated rings. The molecule has 3 nitrogen and oxygen atoms in total. The summed E-state index contributed by atoms with van der Waals surface area (Å²) in [7, 11) is 2.23. The smallest absolute Gasteiger partial charge is 0.0277 e. The summed E-state index contributed by atoms with van der Waals surface area (Å²) in [6.07, 6.45) is 5.17. The van der Waals surface area contributed by atoms with Gasteiger partial charge in [-0.15, -0.1) is 0 Å². The van der Waals surface area contributed by atoms with Crippen LogP contribution in [-0.4, -0.2) is 61.2 Å². The highest BCUT2D eigenvalue weighted by Crippen LogP contribution is 2.15. The van der Waals surface area contributed by atoms with Crippen LogP contribution in [0.15, 0.2) is 0 Å². The SMILES string of the molecule is CCC1(C)CN(CCCCN(C)C(C)C)CCCN1. The molecule has 1 unspecified atom stereocenters. The summed E-state index contributed by atoms with van der Waals surface area (Å²) in [5.41, 5.74) is 0.325. The van der Waals surface area contributed by atoms with E-state index >= 15 is 0 Å². The highest BCUT2D eigenvalue weighted by molar-refractivity contribution is 4.87. The summed E-state index contributed by atoms with van der Waals surface area (Å²) in [6, 6.07) is 0.672. The lowest BCUT2D eigenvalue weighted by Crippen LogP contribution is -2.48. The number of nitrogens with one attached hydrogen (secondary N) is 1. The van der Waals surface area contributed by atoms with Crippen LogP contribution in [0.25, 0.3) is 0 Å². The highest BCUT2D eigenvalue weighted by atomic mass is 15.2. The Balaban J connectivity index is 2.24. The lowest BCUT2D eigenvalue weighted by Gasteiger charge is -2.32. The molecule has 1 saturated heterocycles. The molecule has 1 atom stereocenters. The molecule has 1 heterocycles. The minimum absolute atomic E-state index is 0.325. The van der Waals surface area contributed by atoms with Gasteiger partial charge in [0, 0.05) is 18.1 Å². The number of unbranched alkanes of at least 4 members (excludes halogenated alkanes) is 1. The maximum atomic E-state index is 3.71. The van der Waals surface area contributed by atoms with E-state index < -0.39 is 0 Å². The lowest BCUT2D eigenvalue weighted by molar-refractivity contribution is 0.204. The van der Waals surface area contributed by atoms with Crippen molar-refractivity contribution in [2.24, 2.45) is 0 Å². The molecule has 0 aromatic heterocycles. The quantitative estimate of drug-likeness (QED) is 0.717. The van der Waals surface area contributed by atoms with E-state index in [9.17, 15) is 0 Å². The molecular weight excluding hydrogens is 234 g/mol. The Morgan fingerprint density at radius 1 is 1.32 bits per heavy atom. The van der Waals surface area contributed by atoms with E-state index in [1.54, 1.807) is 0 Å². The Bertz CT molecular complexity index is 242. The molecule has 19 heavy (non-hydrogen) atoms. The summed E-state index contributed by atoms with van der Waals surface area (Å²) in [6.45, 7) is 15.4. The molecule has 0 aliphatic carbocycles. The van der Waals surface area contributed by atoms with Gasteiger partial charge < -0.3 is 15.1 Å². The molecule has 1 N–H and O–H groups in total. The fourth-order valence-electron chi connectivity index (χ4n) is 2.70. The third-order valence-corrected chi connectivity index (χ3v) is 4.67. The Morgan fingerprint density at radius 3 is 2.68 bits per heavy atom. The topological polar surface area (TPSA) is 18.5 Å². The van der Waals surface area contributed by atoms with Crippen molar-refractivity contribution in [2.75, 3.05) is 39.8 Å². The largest absolute Gasteiger partial charge is 0.310 e. The van der Waals surface area contributed by atoms with Crippen molar-refractivity contribution in [3.8, 4) is 0 Å². The van der Waals surface area contributed by atoms with Crippen LogP contribution in [0.4, 0.5) is 0 Å². The van der Waals surface area contributed by atoms with Crippen molar-refractivity contribution >= 4 is 0 Å². The van der Waals surface area contributed by atoms with Crippen molar-refractivity contribution in [2.45, 2.75) is 65.0 Å². The van der Waals surface area contributed by atoms with E-state index in [-0.39, 0.29) is 0 Å². The van der Waals surface area contributed by atoms with E-state index in [0.29, 0.717) is 11.6 Å². The van der Waals surface area contributed by atoms with Crippen LogP contribution >= 0.6 is 0 Å². The van der Waals surface area contributed by atoms with E-state index in [1.165, 1.54) is 58.4 Å². The zero-order chi connectivity index (χ0) is 14.3. The van der Waals surface area contributed by atoms with Crippen molar-refractivity contribution < 1.29 is 0 Å². The summed E-state index contributed by atoms with van der Waals surface area (Å²) in [5.74, 6) is 0. The lowest BCUT2D eigenvalue weighted by atomic mass is 9.98. The zero-order valence-electron chi connectivity index (χ0n) is 13.8. The minimum atomic E-state index is 0.325. The standard InChI is InChI=1S/C16H35N3/c1-6-16(4)14-19(13-9-10-17-16)12-8-7-11-18(5)15(2)3/h15,17H,6-14H2,1-5H3. The van der Waals surface area contributed by atoms with Crippen LogP contribution in [-0.2, 0) is 0 Å². The number of nitrogens with zero attached hydrogens (tertiary/aromatic N) is 2. The van der Waals surface area contributed by atoms with Gasteiger partial charge in [0.05, 0.1) is 0 Å². The molecular formula is C16H35N3. The normalized spacial score (nSPS) is 26.1. The average Bonchev–Trinajstić information content (AvgIpc) is 2.57. The van der Waals surface area contributed by atoms with Gasteiger partial charge in [-0.1, -0.05) is 6.92 Å². The zero-order valence-corrected chi connectivity index (χ0v) is 13.8. The number of rotatable bonds is 7. The first-order valence-electron chi connectivity index (χ1n) is 8.14. The number of hydrogen-bond acceptors (Lipinski definition) is 3. The summed E-state index contributed by atoms with van der Waals surface area (Å²) in [5, 5.41) is 3.71. The first-order valence-corrected chi connectivity index (χ1v) is 8.14. The second-order valence-electron chi connectivity index (χ2n) is 6.75. The van der Waals surface area contributed by atoms with Gasteiger partial charge >= 0.3 is 0 Å². The Morgan fingerprint density at radius 2 is 2.05 bits per heavy atom. The fourth-order valence-corrected chi connectivity index (χ4v) is 2.70. The van der Waals surface area contributed by atoms with Crippen LogP contribution < -0.4 is 5.32 Å². The van der Waals surface area contributed by atoms with Crippen molar-refractivity contribution in [3.63, 3.8) is 0 Å². The van der Waals surface area contributed by atoms with Gasteiger partial charge in [-0.2, -0.15) is 0 Å². The van der Waals surface area contributed by atoms with Gasteiger partial charge in [0.25, 0.3) is 0 Å².